The van der Waals surface area contributed by atoms with Gasteiger partial charge in [0, 0.05) is 21.1 Å². The van der Waals surface area contributed by atoms with E-state index in [0.29, 0.717) is 0 Å². The average molecular weight is 613 g/mol. The van der Waals surface area contributed by atoms with E-state index in [0.717, 1.165) is 0 Å². The average Bonchev–Trinajstić information content (AvgIpc) is 3.60. The van der Waals surface area contributed by atoms with Crippen molar-refractivity contribution in [2.75, 3.05) is 12.3 Å². The SMILES string of the molecule is [C-]#[O+].[C-]#[O+].[Mo].[c-]1[c-][c-][cH-][c-]1.c1ccc([PH+](CC[PH+](c2ccccc2)c2ccccc2)c2ccccc2)cc1. The van der Waals surface area contributed by atoms with Crippen LogP contribution >= 0.6 is 15.8 Å². The molecule has 0 aromatic heterocycles. The van der Waals surface area contributed by atoms with E-state index in [1.165, 1.54) is 33.5 Å². The Morgan fingerprint density at radius 1 is 0.474 bits per heavy atom. The molecule has 5 aromatic rings. The van der Waals surface area contributed by atoms with Crippen molar-refractivity contribution in [1.29, 1.82) is 0 Å². The summed E-state index contributed by atoms with van der Waals surface area (Å²) >= 11 is 0. The van der Waals surface area contributed by atoms with Gasteiger partial charge in [-0.2, -0.15) is 0 Å². The van der Waals surface area contributed by atoms with Crippen LogP contribution in [-0.2, 0) is 30.4 Å². The van der Waals surface area contributed by atoms with E-state index in [4.69, 9.17) is 9.30 Å². The fraction of sp³-hybridized carbons (Fsp3) is 0.0606. The van der Waals surface area contributed by atoms with Gasteiger partial charge in [-0.3, -0.25) is 0 Å². The van der Waals surface area contributed by atoms with E-state index in [2.05, 4.69) is 159 Å². The molecule has 5 rings (SSSR count). The van der Waals surface area contributed by atoms with E-state index in [-0.39, 0.29) is 21.1 Å². The maximum absolute atomic E-state index is 7.50. The van der Waals surface area contributed by atoms with Crippen molar-refractivity contribution in [3.8, 4) is 0 Å². The molecule has 0 bridgehead atoms. The normalized spacial score (nSPS) is 9.32. The molecule has 2 nitrogen and oxygen atoms in total. The molecule has 0 saturated heterocycles. The van der Waals surface area contributed by atoms with Crippen LogP contribution in [0, 0.1) is 37.6 Å². The third-order valence-corrected chi connectivity index (χ3v) is 11.6. The zero-order valence-electron chi connectivity index (χ0n) is 20.8. The molecule has 0 heterocycles. The van der Waals surface area contributed by atoms with Crippen molar-refractivity contribution in [3.63, 3.8) is 0 Å². The predicted octanol–water partition coefficient (Wildman–Crippen LogP) is 5.25. The predicted molar refractivity (Wildman–Crippen MR) is 156 cm³/mol. The van der Waals surface area contributed by atoms with Crippen molar-refractivity contribution in [2.45, 2.75) is 0 Å². The summed E-state index contributed by atoms with van der Waals surface area (Å²) in [6.07, 6.45) is 2.52. The summed E-state index contributed by atoms with van der Waals surface area (Å²) < 4.78 is 15.0. The topological polar surface area (TPSA) is 39.8 Å². The molecule has 0 amide bonds. The molecule has 0 N–H and O–H groups in total. The maximum Gasteiger partial charge on any atom is 0.101 e. The molecule has 0 radical (unpaired) electrons. The molecule has 0 spiro atoms. The Hall–Kier alpha value is -2.74. The summed E-state index contributed by atoms with van der Waals surface area (Å²) in [5.74, 6) is 0. The largest absolute Gasteiger partial charge is 0.999 e. The number of benzene rings is 4. The minimum absolute atomic E-state index is 0. The van der Waals surface area contributed by atoms with Crippen LogP contribution in [0.1, 0.15) is 0 Å². The molecule has 5 heteroatoms. The summed E-state index contributed by atoms with van der Waals surface area (Å²) in [4.78, 5) is 0. The molecule has 190 valence electrons. The van der Waals surface area contributed by atoms with Gasteiger partial charge in [-0.1, -0.05) is 72.8 Å². The Balaban J connectivity index is 0.000000628. The molecule has 5 aromatic carbocycles. The summed E-state index contributed by atoms with van der Waals surface area (Å²) in [6.45, 7) is 9.00. The molecule has 0 fully saturated rings. The van der Waals surface area contributed by atoms with E-state index >= 15 is 0 Å². The van der Waals surface area contributed by atoms with Crippen molar-refractivity contribution in [2.24, 2.45) is 0 Å². The smallest absolute Gasteiger partial charge is 0.101 e. The second-order valence-electron chi connectivity index (χ2n) is 7.60. The van der Waals surface area contributed by atoms with E-state index in [1.807, 2.05) is 0 Å². The molecule has 0 aliphatic rings. The van der Waals surface area contributed by atoms with Crippen molar-refractivity contribution < 1.29 is 30.4 Å². The molecule has 0 saturated carbocycles. The first kappa shape index (κ1) is 33.3. The maximum atomic E-state index is 7.50. The second kappa shape index (κ2) is 21.2. The van der Waals surface area contributed by atoms with Crippen LogP contribution in [0.3, 0.4) is 0 Å². The minimum atomic E-state index is -0.783. The summed E-state index contributed by atoms with van der Waals surface area (Å²) in [6, 6.07) is 56.5. The minimum Gasteiger partial charge on any atom is -0.999 e. The second-order valence-corrected chi connectivity index (χ2v) is 12.8. The van der Waals surface area contributed by atoms with Gasteiger partial charge in [0.2, 0.25) is 0 Å². The van der Waals surface area contributed by atoms with Crippen molar-refractivity contribution in [1.82, 2.24) is 0 Å². The Morgan fingerprint density at radius 3 is 0.895 bits per heavy atom. The number of rotatable bonds is 7. The zero-order valence-corrected chi connectivity index (χ0v) is 24.8. The van der Waals surface area contributed by atoms with Crippen molar-refractivity contribution >= 4 is 37.1 Å². The van der Waals surface area contributed by atoms with E-state index in [1.54, 1.807) is 6.07 Å². The van der Waals surface area contributed by atoms with Gasteiger partial charge in [-0.25, -0.2) is 0 Å². The fourth-order valence-corrected chi connectivity index (χ4v) is 10.1. The van der Waals surface area contributed by atoms with E-state index in [9.17, 15) is 0 Å². The molecule has 0 aliphatic carbocycles. The van der Waals surface area contributed by atoms with Crippen LogP contribution in [0.5, 0.6) is 0 Å². The van der Waals surface area contributed by atoms with Gasteiger partial charge in [-0.05, 0) is 48.5 Å². The number of hydrogen-bond acceptors (Lipinski definition) is 0. The Labute approximate surface area is 243 Å². The molecule has 0 aliphatic heterocycles. The first-order valence-corrected chi connectivity index (χ1v) is 15.0. The Bertz CT molecular complexity index is 1060. The molecular weight excluding hydrogens is 586 g/mol. The van der Waals surface area contributed by atoms with Gasteiger partial charge in [0.15, 0.2) is 0 Å². The third kappa shape index (κ3) is 11.3. The third-order valence-electron chi connectivity index (χ3n) is 5.47. The molecule has 38 heavy (non-hydrogen) atoms. The van der Waals surface area contributed by atoms with Crippen LogP contribution in [0.15, 0.2) is 127 Å². The van der Waals surface area contributed by atoms with Gasteiger partial charge in [0.05, 0.1) is 37.1 Å². The quantitative estimate of drug-likeness (QED) is 0.104. The van der Waals surface area contributed by atoms with Crippen molar-refractivity contribution in [3.05, 3.63) is 165 Å². The van der Waals surface area contributed by atoms with Gasteiger partial charge >= 0.3 is 22.6 Å². The first-order valence-electron chi connectivity index (χ1n) is 11.6. The van der Waals surface area contributed by atoms with Crippen LogP contribution in [0.4, 0.5) is 0 Å². The number of hydrogen-bond donors (Lipinski definition) is 0. The van der Waals surface area contributed by atoms with E-state index < -0.39 is 15.8 Å². The van der Waals surface area contributed by atoms with Gasteiger partial charge in [-0.15, -0.1) is 0 Å². The Kier molecular flexibility index (Phi) is 18.6. The monoisotopic (exact) mass is 615 g/mol. The van der Waals surface area contributed by atoms with Crippen LogP contribution in [0.2, 0.25) is 0 Å². The summed E-state index contributed by atoms with van der Waals surface area (Å²) in [7, 11) is -1.57. The summed E-state index contributed by atoms with van der Waals surface area (Å²) in [5, 5.41) is 6.06. The molecule has 0 atom stereocenters. The standard InChI is InChI=1S/C26H24P2.C5H.2CO.Mo/c1-5-13-23(14-6-1)27(24-15-7-2-8-16-24)21-22-28(25-17-9-3-10-18-25)26-19-11-4-12-20-26;1-2-4-5-3-1;2*1-2;/h1-20H,21-22H2;1H;;;/q;-5;;;/p+2. The summed E-state index contributed by atoms with van der Waals surface area (Å²) in [5.41, 5.74) is 0. The van der Waals surface area contributed by atoms with Gasteiger partial charge in [0.1, 0.15) is 12.3 Å². The van der Waals surface area contributed by atoms with Crippen LogP contribution in [0.25, 0.3) is 0 Å². The first-order chi connectivity index (χ1) is 18.4. The van der Waals surface area contributed by atoms with Gasteiger partial charge < -0.3 is 30.3 Å². The van der Waals surface area contributed by atoms with Gasteiger partial charge in [0.25, 0.3) is 0 Å². The van der Waals surface area contributed by atoms with Crippen LogP contribution in [-0.4, -0.2) is 12.3 Å². The van der Waals surface area contributed by atoms with Crippen LogP contribution < -0.4 is 21.2 Å². The molecule has 0 unspecified atom stereocenters. The zero-order chi connectivity index (χ0) is 26.6. The molecular formula is C33H27MoO2P2-3. The Morgan fingerprint density at radius 2 is 0.711 bits per heavy atom. The fourth-order valence-electron chi connectivity index (χ4n) is 3.90.